The minimum absolute atomic E-state index is 0.122. The Bertz CT molecular complexity index is 1150. The van der Waals surface area contributed by atoms with Crippen LogP contribution in [0, 0.1) is 0 Å². The van der Waals surface area contributed by atoms with E-state index in [0.29, 0.717) is 5.92 Å². The van der Waals surface area contributed by atoms with Gasteiger partial charge in [0.1, 0.15) is 23.0 Å². The lowest BCUT2D eigenvalue weighted by Gasteiger charge is -2.47. The number of anilines is 1. The van der Waals surface area contributed by atoms with E-state index in [1.165, 1.54) is 11.3 Å². The van der Waals surface area contributed by atoms with Crippen LogP contribution < -0.4 is 19.1 Å². The van der Waals surface area contributed by atoms with Crippen molar-refractivity contribution < 1.29 is 14.2 Å². The van der Waals surface area contributed by atoms with Crippen molar-refractivity contribution in [1.82, 2.24) is 0 Å². The Balaban J connectivity index is 1.54. The van der Waals surface area contributed by atoms with E-state index < -0.39 is 0 Å². The molecule has 3 aromatic rings. The molecule has 0 aromatic heterocycles. The van der Waals surface area contributed by atoms with Crippen molar-refractivity contribution in [2.45, 2.75) is 45.6 Å². The first-order valence-corrected chi connectivity index (χ1v) is 11.8. The molecular formula is C29H34N2O3. The second-order valence-electron chi connectivity index (χ2n) is 9.34. The monoisotopic (exact) mass is 458 g/mol. The molecule has 5 nitrogen and oxygen atoms in total. The summed E-state index contributed by atoms with van der Waals surface area (Å²) >= 11 is 0. The summed E-state index contributed by atoms with van der Waals surface area (Å²) in [6, 6.07) is 19.7. The predicted octanol–water partition coefficient (Wildman–Crippen LogP) is 7.36. The summed E-state index contributed by atoms with van der Waals surface area (Å²) < 4.78 is 16.9. The molecule has 1 heterocycles. The molecular weight excluding hydrogens is 424 g/mol. The van der Waals surface area contributed by atoms with Crippen LogP contribution in [-0.2, 0) is 0 Å². The van der Waals surface area contributed by atoms with E-state index in [2.05, 4.69) is 44.7 Å². The van der Waals surface area contributed by atoms with Gasteiger partial charge in [-0.15, -0.1) is 0 Å². The zero-order valence-electron chi connectivity index (χ0n) is 21.0. The Morgan fingerprint density at radius 3 is 2.15 bits per heavy atom. The number of aliphatic imine (C=N–C) groups is 1. The molecule has 1 aliphatic rings. The molecule has 0 bridgehead atoms. The number of fused-ring (bicyclic) bond motifs is 1. The average molecular weight is 459 g/mol. The van der Waals surface area contributed by atoms with Crippen molar-refractivity contribution in [2.24, 2.45) is 4.99 Å². The Morgan fingerprint density at radius 2 is 1.56 bits per heavy atom. The van der Waals surface area contributed by atoms with Crippen LogP contribution in [0.4, 0.5) is 11.4 Å². The smallest absolute Gasteiger partial charge is 0.129 e. The highest BCUT2D eigenvalue weighted by Gasteiger charge is 2.36. The third-order valence-electron chi connectivity index (χ3n) is 6.54. The number of hydrogen-bond donors (Lipinski definition) is 0. The molecule has 0 fully saturated rings. The third kappa shape index (κ3) is 4.89. The molecule has 1 aliphatic heterocycles. The van der Waals surface area contributed by atoms with E-state index in [1.54, 1.807) is 14.2 Å². The maximum Gasteiger partial charge on any atom is 0.129 e. The Morgan fingerprint density at radius 1 is 0.941 bits per heavy atom. The number of rotatable bonds is 7. The molecule has 0 saturated heterocycles. The van der Waals surface area contributed by atoms with Crippen LogP contribution in [0.25, 0.3) is 0 Å². The summed E-state index contributed by atoms with van der Waals surface area (Å²) in [5.41, 5.74) is 4.58. The first-order valence-electron chi connectivity index (χ1n) is 11.8. The first kappa shape index (κ1) is 23.7. The number of benzene rings is 3. The van der Waals surface area contributed by atoms with Crippen LogP contribution in [-0.4, -0.2) is 32.5 Å². The predicted molar refractivity (Wildman–Crippen MR) is 140 cm³/mol. The molecule has 4 rings (SSSR count). The molecule has 5 heteroatoms. The summed E-state index contributed by atoms with van der Waals surface area (Å²) in [5.74, 6) is 3.63. The van der Waals surface area contributed by atoms with Crippen molar-refractivity contribution in [1.29, 1.82) is 0 Å². The van der Waals surface area contributed by atoms with Gasteiger partial charge in [-0.1, -0.05) is 6.92 Å². The van der Waals surface area contributed by atoms with Crippen LogP contribution in [0.15, 0.2) is 65.7 Å². The van der Waals surface area contributed by atoms with E-state index in [4.69, 9.17) is 19.2 Å². The van der Waals surface area contributed by atoms with Crippen LogP contribution in [0.5, 0.6) is 23.0 Å². The summed E-state index contributed by atoms with van der Waals surface area (Å²) in [6.07, 6.45) is 3.01. The molecule has 0 N–H and O–H groups in total. The number of hydrogen-bond acceptors (Lipinski definition) is 5. The Labute approximate surface area is 203 Å². The lowest BCUT2D eigenvalue weighted by molar-refractivity contribution is 0.377. The number of nitrogens with zero attached hydrogens (tertiary/aromatic N) is 2. The van der Waals surface area contributed by atoms with E-state index >= 15 is 0 Å². The SMILES string of the molecule is CCN1c2cc(OC)c(C=Nc3ccc(Oc4ccc(OC)cc4)cc3)cc2C(C)CC1(C)C. The fraction of sp³-hybridized carbons (Fsp3) is 0.345. The second kappa shape index (κ2) is 9.80. The van der Waals surface area contributed by atoms with Crippen molar-refractivity contribution in [3.8, 4) is 23.0 Å². The highest BCUT2D eigenvalue weighted by molar-refractivity contribution is 5.88. The second-order valence-corrected chi connectivity index (χ2v) is 9.34. The van der Waals surface area contributed by atoms with E-state index in [0.717, 1.165) is 47.2 Å². The van der Waals surface area contributed by atoms with E-state index in [1.807, 2.05) is 54.7 Å². The topological polar surface area (TPSA) is 43.3 Å². The van der Waals surface area contributed by atoms with Gasteiger partial charge < -0.3 is 19.1 Å². The van der Waals surface area contributed by atoms with Crippen LogP contribution in [0.2, 0.25) is 0 Å². The number of methoxy groups -OCH3 is 2. The first-order chi connectivity index (χ1) is 16.3. The van der Waals surface area contributed by atoms with Crippen molar-refractivity contribution in [2.75, 3.05) is 25.7 Å². The summed E-state index contributed by atoms with van der Waals surface area (Å²) in [7, 11) is 3.37. The summed E-state index contributed by atoms with van der Waals surface area (Å²) in [5, 5.41) is 0. The zero-order valence-corrected chi connectivity index (χ0v) is 21.0. The van der Waals surface area contributed by atoms with Gasteiger partial charge in [0.05, 0.1) is 19.9 Å². The average Bonchev–Trinajstić information content (AvgIpc) is 2.83. The van der Waals surface area contributed by atoms with Gasteiger partial charge in [0, 0.05) is 35.6 Å². The number of ether oxygens (including phenoxy) is 3. The largest absolute Gasteiger partial charge is 0.497 e. The molecule has 1 unspecified atom stereocenters. The summed E-state index contributed by atoms with van der Waals surface area (Å²) in [6.45, 7) is 10.1. The third-order valence-corrected chi connectivity index (χ3v) is 6.54. The minimum atomic E-state index is 0.122. The Hall–Kier alpha value is -3.47. The van der Waals surface area contributed by atoms with Gasteiger partial charge in [-0.2, -0.15) is 0 Å². The van der Waals surface area contributed by atoms with Gasteiger partial charge in [0.15, 0.2) is 0 Å². The fourth-order valence-electron chi connectivity index (χ4n) is 4.93. The standard InChI is InChI=1S/C29H34N2O3/c1-7-31-27-17-28(33-6)21(16-26(27)20(2)18-29(31,3)4)19-30-22-8-10-24(11-9-22)34-25-14-12-23(32-5)13-15-25/h8-17,19-20H,7,18H2,1-6H3. The molecule has 3 aromatic carbocycles. The maximum absolute atomic E-state index is 5.91. The minimum Gasteiger partial charge on any atom is -0.497 e. The maximum atomic E-state index is 5.91. The fourth-order valence-corrected chi connectivity index (χ4v) is 4.93. The zero-order chi connectivity index (χ0) is 24.3. The van der Waals surface area contributed by atoms with Gasteiger partial charge in [-0.3, -0.25) is 4.99 Å². The van der Waals surface area contributed by atoms with Gasteiger partial charge in [0.25, 0.3) is 0 Å². The lowest BCUT2D eigenvalue weighted by Crippen LogP contribution is -2.48. The molecule has 0 radical (unpaired) electrons. The van der Waals surface area contributed by atoms with Crippen molar-refractivity contribution >= 4 is 17.6 Å². The van der Waals surface area contributed by atoms with Crippen molar-refractivity contribution in [3.63, 3.8) is 0 Å². The molecule has 0 saturated carbocycles. The Kier molecular flexibility index (Phi) is 6.82. The summed E-state index contributed by atoms with van der Waals surface area (Å²) in [4.78, 5) is 7.19. The van der Waals surface area contributed by atoms with Gasteiger partial charge in [-0.25, -0.2) is 0 Å². The van der Waals surface area contributed by atoms with Crippen LogP contribution in [0.3, 0.4) is 0 Å². The highest BCUT2D eigenvalue weighted by atomic mass is 16.5. The molecule has 0 aliphatic carbocycles. The molecule has 0 spiro atoms. The normalized spacial score (nSPS) is 16.9. The van der Waals surface area contributed by atoms with Crippen LogP contribution >= 0.6 is 0 Å². The molecule has 0 amide bonds. The van der Waals surface area contributed by atoms with E-state index in [9.17, 15) is 0 Å². The molecule has 178 valence electrons. The van der Waals surface area contributed by atoms with Gasteiger partial charge in [-0.05, 0) is 93.3 Å². The van der Waals surface area contributed by atoms with Crippen molar-refractivity contribution in [3.05, 3.63) is 71.8 Å². The van der Waals surface area contributed by atoms with E-state index in [-0.39, 0.29) is 5.54 Å². The molecule has 1 atom stereocenters. The van der Waals surface area contributed by atoms with Gasteiger partial charge in [0.2, 0.25) is 0 Å². The molecule has 34 heavy (non-hydrogen) atoms. The van der Waals surface area contributed by atoms with Crippen LogP contribution in [0.1, 0.15) is 51.2 Å². The quantitative estimate of drug-likeness (QED) is 0.347. The highest BCUT2D eigenvalue weighted by Crippen LogP contribution is 2.45. The lowest BCUT2D eigenvalue weighted by atomic mass is 9.79. The van der Waals surface area contributed by atoms with Gasteiger partial charge >= 0.3 is 0 Å².